The van der Waals surface area contributed by atoms with E-state index in [1.165, 1.54) is 35.6 Å². The highest BCUT2D eigenvalue weighted by Gasteiger charge is 2.12. The highest BCUT2D eigenvalue weighted by molar-refractivity contribution is 7.16. The first-order valence-corrected chi connectivity index (χ1v) is 7.86. The predicted octanol–water partition coefficient (Wildman–Crippen LogP) is 5.30. The van der Waals surface area contributed by atoms with Crippen LogP contribution in [-0.2, 0) is 0 Å². The second kappa shape index (κ2) is 5.52. The fraction of sp³-hybridized carbons (Fsp3) is 0. The van der Waals surface area contributed by atoms with Gasteiger partial charge in [0.25, 0.3) is 0 Å². The van der Waals surface area contributed by atoms with Crippen molar-refractivity contribution in [2.24, 2.45) is 0 Å². The van der Waals surface area contributed by atoms with Crippen LogP contribution in [0.4, 0.5) is 8.78 Å². The molecule has 0 aliphatic heterocycles. The van der Waals surface area contributed by atoms with E-state index in [1.54, 1.807) is 24.3 Å². The molecule has 0 aliphatic carbocycles. The van der Waals surface area contributed by atoms with E-state index in [0.29, 0.717) is 5.82 Å². The van der Waals surface area contributed by atoms with Gasteiger partial charge in [-0.1, -0.05) is 0 Å². The summed E-state index contributed by atoms with van der Waals surface area (Å²) in [5, 5.41) is 2.87. The van der Waals surface area contributed by atoms with E-state index in [9.17, 15) is 8.78 Å². The largest absolute Gasteiger partial charge is 0.227 e. The van der Waals surface area contributed by atoms with Crippen LogP contribution in [0, 0.1) is 11.6 Å². The average Bonchev–Trinajstić information content (AvgIpc) is 3.04. The Bertz CT molecular complexity index is 976. The fourth-order valence-corrected chi connectivity index (χ4v) is 3.18. The first-order chi connectivity index (χ1) is 11.2. The fourth-order valence-electron chi connectivity index (χ4n) is 2.41. The lowest BCUT2D eigenvalue weighted by atomic mass is 10.1. The maximum Gasteiger partial charge on any atom is 0.161 e. The summed E-state index contributed by atoms with van der Waals surface area (Å²) in [6, 6.07) is 14.2. The molecular weight excluding hydrogens is 314 g/mol. The van der Waals surface area contributed by atoms with Crippen LogP contribution in [0.3, 0.4) is 0 Å². The smallest absolute Gasteiger partial charge is 0.161 e. The summed E-state index contributed by atoms with van der Waals surface area (Å²) in [5.41, 5.74) is 2.31. The Morgan fingerprint density at radius 3 is 1.96 bits per heavy atom. The maximum atomic E-state index is 13.2. The molecule has 0 amide bonds. The van der Waals surface area contributed by atoms with Crippen molar-refractivity contribution in [3.05, 3.63) is 71.6 Å². The monoisotopic (exact) mass is 324 g/mol. The number of nitrogens with zero attached hydrogens (tertiary/aromatic N) is 2. The van der Waals surface area contributed by atoms with E-state index in [2.05, 4.69) is 9.97 Å². The normalized spacial score (nSPS) is 11.0. The molecule has 2 heterocycles. The summed E-state index contributed by atoms with van der Waals surface area (Å²) < 4.78 is 26.3. The number of hydrogen-bond donors (Lipinski definition) is 0. The van der Waals surface area contributed by atoms with Gasteiger partial charge in [-0.05, 0) is 60.0 Å². The quantitative estimate of drug-likeness (QED) is 0.500. The molecule has 112 valence electrons. The van der Waals surface area contributed by atoms with Gasteiger partial charge in [0.1, 0.15) is 16.5 Å². The van der Waals surface area contributed by atoms with Gasteiger partial charge in [0.05, 0.1) is 5.69 Å². The molecule has 2 nitrogen and oxygen atoms in total. The highest BCUT2D eigenvalue weighted by Crippen LogP contribution is 2.31. The molecule has 4 rings (SSSR count). The molecule has 0 spiro atoms. The lowest BCUT2D eigenvalue weighted by Crippen LogP contribution is -1.93. The SMILES string of the molecule is Fc1ccc(-c2nc(-c3ccc(F)cc3)c3ccsc3n2)cc1. The molecule has 23 heavy (non-hydrogen) atoms. The van der Waals surface area contributed by atoms with Crippen LogP contribution in [0.5, 0.6) is 0 Å². The molecule has 5 heteroatoms. The summed E-state index contributed by atoms with van der Waals surface area (Å²) in [7, 11) is 0. The van der Waals surface area contributed by atoms with Crippen LogP contribution < -0.4 is 0 Å². The third-order valence-electron chi connectivity index (χ3n) is 3.55. The van der Waals surface area contributed by atoms with Crippen molar-refractivity contribution < 1.29 is 8.78 Å². The van der Waals surface area contributed by atoms with Crippen molar-refractivity contribution in [1.82, 2.24) is 9.97 Å². The van der Waals surface area contributed by atoms with E-state index in [0.717, 1.165) is 27.0 Å². The number of benzene rings is 2. The van der Waals surface area contributed by atoms with Gasteiger partial charge in [-0.2, -0.15) is 0 Å². The highest BCUT2D eigenvalue weighted by atomic mass is 32.1. The van der Waals surface area contributed by atoms with Gasteiger partial charge < -0.3 is 0 Å². The Balaban J connectivity index is 1.94. The first kappa shape index (κ1) is 14.0. The molecule has 0 N–H and O–H groups in total. The van der Waals surface area contributed by atoms with Crippen LogP contribution >= 0.6 is 11.3 Å². The van der Waals surface area contributed by atoms with Crippen molar-refractivity contribution in [2.75, 3.05) is 0 Å². The van der Waals surface area contributed by atoms with Gasteiger partial charge in [0.2, 0.25) is 0 Å². The maximum absolute atomic E-state index is 13.2. The number of halogens is 2. The molecule has 0 unspecified atom stereocenters. The van der Waals surface area contributed by atoms with Gasteiger partial charge in [-0.25, -0.2) is 18.7 Å². The van der Waals surface area contributed by atoms with Gasteiger partial charge >= 0.3 is 0 Å². The van der Waals surface area contributed by atoms with E-state index in [1.807, 2.05) is 11.4 Å². The molecule has 0 saturated heterocycles. The van der Waals surface area contributed by atoms with Crippen LogP contribution in [-0.4, -0.2) is 9.97 Å². The van der Waals surface area contributed by atoms with Gasteiger partial charge in [-0.15, -0.1) is 11.3 Å². The third kappa shape index (κ3) is 2.59. The van der Waals surface area contributed by atoms with E-state index in [-0.39, 0.29) is 11.6 Å². The Morgan fingerprint density at radius 1 is 0.696 bits per heavy atom. The number of thiophene rings is 1. The van der Waals surface area contributed by atoms with E-state index in [4.69, 9.17) is 0 Å². The van der Waals surface area contributed by atoms with Crippen LogP contribution in [0.1, 0.15) is 0 Å². The zero-order valence-electron chi connectivity index (χ0n) is 11.8. The molecule has 0 aliphatic rings. The summed E-state index contributed by atoms with van der Waals surface area (Å²) in [6.45, 7) is 0. The summed E-state index contributed by atoms with van der Waals surface area (Å²) in [6.07, 6.45) is 0. The molecule has 0 bridgehead atoms. The van der Waals surface area contributed by atoms with Crippen molar-refractivity contribution in [2.45, 2.75) is 0 Å². The topological polar surface area (TPSA) is 25.8 Å². The summed E-state index contributed by atoms with van der Waals surface area (Å²) in [5.74, 6) is -0.0629. The minimum absolute atomic E-state index is 0.289. The molecule has 0 saturated carbocycles. The minimum Gasteiger partial charge on any atom is -0.227 e. The Labute approximate surface area is 135 Å². The van der Waals surface area contributed by atoms with Crippen LogP contribution in [0.25, 0.3) is 32.9 Å². The molecule has 2 aromatic heterocycles. The standard InChI is InChI=1S/C18H10F2N2S/c19-13-5-1-11(2-6-13)16-15-9-10-23-18(15)22-17(21-16)12-3-7-14(20)8-4-12/h1-10H. The molecule has 0 radical (unpaired) electrons. The van der Waals surface area contributed by atoms with Crippen molar-refractivity contribution >= 4 is 21.6 Å². The first-order valence-electron chi connectivity index (χ1n) is 6.98. The van der Waals surface area contributed by atoms with Gasteiger partial charge in [-0.3, -0.25) is 0 Å². The number of rotatable bonds is 2. The Kier molecular flexibility index (Phi) is 3.35. The number of aromatic nitrogens is 2. The Morgan fingerprint density at radius 2 is 1.30 bits per heavy atom. The lowest BCUT2D eigenvalue weighted by Gasteiger charge is -2.07. The summed E-state index contributed by atoms with van der Waals surface area (Å²) >= 11 is 1.51. The van der Waals surface area contributed by atoms with E-state index >= 15 is 0 Å². The Hall–Kier alpha value is -2.66. The molecular formula is C18H10F2N2S. The molecule has 2 aromatic carbocycles. The number of hydrogen-bond acceptors (Lipinski definition) is 3. The second-order valence-electron chi connectivity index (χ2n) is 5.05. The average molecular weight is 324 g/mol. The van der Waals surface area contributed by atoms with Crippen molar-refractivity contribution in [3.8, 4) is 22.6 Å². The van der Waals surface area contributed by atoms with Crippen LogP contribution in [0.2, 0.25) is 0 Å². The van der Waals surface area contributed by atoms with Gasteiger partial charge in [0, 0.05) is 16.5 Å². The predicted molar refractivity (Wildman–Crippen MR) is 88.2 cm³/mol. The minimum atomic E-state index is -0.301. The third-order valence-corrected chi connectivity index (χ3v) is 4.35. The van der Waals surface area contributed by atoms with Crippen LogP contribution in [0.15, 0.2) is 60.0 Å². The van der Waals surface area contributed by atoms with Crippen molar-refractivity contribution in [3.63, 3.8) is 0 Å². The van der Waals surface area contributed by atoms with Crippen molar-refractivity contribution in [1.29, 1.82) is 0 Å². The molecule has 4 aromatic rings. The molecule has 0 atom stereocenters. The van der Waals surface area contributed by atoms with E-state index < -0.39 is 0 Å². The van der Waals surface area contributed by atoms with Gasteiger partial charge in [0.15, 0.2) is 5.82 Å². The summed E-state index contributed by atoms with van der Waals surface area (Å²) in [4.78, 5) is 10.0. The zero-order chi connectivity index (χ0) is 15.8. The zero-order valence-corrected chi connectivity index (χ0v) is 12.6. The second-order valence-corrected chi connectivity index (χ2v) is 5.94. The lowest BCUT2D eigenvalue weighted by molar-refractivity contribution is 0.627. The number of fused-ring (bicyclic) bond motifs is 1. The molecule has 0 fully saturated rings.